The number of pyridine rings is 1. The van der Waals surface area contributed by atoms with E-state index in [0.717, 1.165) is 19.4 Å². The highest BCUT2D eigenvalue weighted by Gasteiger charge is 2.53. The number of nitrogens with one attached hydrogen (secondary N) is 1. The molecule has 2 amide bonds. The number of aromatic nitrogens is 1. The number of anilines is 1. The fourth-order valence-corrected chi connectivity index (χ4v) is 6.49. The molecule has 1 N–H and O–H groups in total. The summed E-state index contributed by atoms with van der Waals surface area (Å²) in [7, 11) is 2.07. The molecular formula is C26H31BrFIN4O4. The molecule has 1 aromatic carbocycles. The van der Waals surface area contributed by atoms with Crippen LogP contribution in [-0.4, -0.2) is 71.7 Å². The summed E-state index contributed by atoms with van der Waals surface area (Å²) in [6.45, 7) is 7.30. The highest BCUT2D eigenvalue weighted by atomic mass is 127. The van der Waals surface area contributed by atoms with E-state index in [9.17, 15) is 9.59 Å². The number of carbonyl (C=O) groups excluding carboxylic acids is 2. The van der Waals surface area contributed by atoms with Crippen LogP contribution in [0.1, 0.15) is 52.0 Å². The van der Waals surface area contributed by atoms with Gasteiger partial charge in [0.2, 0.25) is 11.8 Å². The summed E-state index contributed by atoms with van der Waals surface area (Å²) in [4.78, 5) is 35.1. The predicted octanol–water partition coefficient (Wildman–Crippen LogP) is 5.43. The largest absolute Gasteiger partial charge is 0.475 e. The first-order chi connectivity index (χ1) is 17.4. The summed E-state index contributed by atoms with van der Waals surface area (Å²) in [6.07, 6.45) is 2.58. The second-order valence-corrected chi connectivity index (χ2v) is 13.1. The number of benzene rings is 1. The lowest BCUT2D eigenvalue weighted by Crippen LogP contribution is -2.55. The Bertz CT molecular complexity index is 1290. The van der Waals surface area contributed by atoms with Crippen LogP contribution in [-0.2, 0) is 14.9 Å². The van der Waals surface area contributed by atoms with Gasteiger partial charge in [-0.3, -0.25) is 4.79 Å². The molecule has 2 saturated heterocycles. The van der Waals surface area contributed by atoms with Crippen LogP contribution in [0.3, 0.4) is 0 Å². The van der Waals surface area contributed by atoms with Crippen LogP contribution in [0.4, 0.5) is 14.9 Å². The van der Waals surface area contributed by atoms with E-state index in [1.165, 1.54) is 4.90 Å². The highest BCUT2D eigenvalue weighted by molar-refractivity contribution is 14.1. The highest BCUT2D eigenvalue weighted by Crippen LogP contribution is 2.51. The Balaban J connectivity index is 1.63. The standard InChI is InChI=1S/C26H31BrFIN4O4/c1-25(2,3)37-24(35)33-10-6-8-26(23(33)34)13-30-21-17(26)15-11-16(29)18(27)19(28)20(15)31-22(21)36-12-14-7-5-9-32(14)4/h11,14,30H,5-10,12-13H2,1-4H3/t14-,26?/m0/s1. The quantitative estimate of drug-likeness (QED) is 0.340. The van der Waals surface area contributed by atoms with Crippen molar-refractivity contribution in [3.05, 3.63) is 25.5 Å². The zero-order valence-corrected chi connectivity index (χ0v) is 25.2. The van der Waals surface area contributed by atoms with Crippen LogP contribution in [0.25, 0.3) is 10.9 Å². The minimum Gasteiger partial charge on any atom is -0.475 e. The van der Waals surface area contributed by atoms with E-state index < -0.39 is 22.9 Å². The number of piperidine rings is 1. The number of hydrogen-bond donors (Lipinski definition) is 1. The smallest absolute Gasteiger partial charge is 0.417 e. The molecule has 37 heavy (non-hydrogen) atoms. The number of hydrogen-bond acceptors (Lipinski definition) is 7. The van der Waals surface area contributed by atoms with E-state index in [1.54, 1.807) is 20.8 Å². The first kappa shape index (κ1) is 26.9. The van der Waals surface area contributed by atoms with Crippen molar-refractivity contribution < 1.29 is 23.5 Å². The minimum atomic E-state index is -1.06. The minimum absolute atomic E-state index is 0.145. The van der Waals surface area contributed by atoms with E-state index >= 15 is 4.39 Å². The Morgan fingerprint density at radius 2 is 2.11 bits per heavy atom. The Hall–Kier alpha value is -1.73. The number of rotatable bonds is 3. The molecule has 1 aromatic heterocycles. The molecule has 200 valence electrons. The summed E-state index contributed by atoms with van der Waals surface area (Å²) in [5.74, 6) is -0.553. The van der Waals surface area contributed by atoms with Gasteiger partial charge in [-0.15, -0.1) is 0 Å². The molecule has 5 rings (SSSR count). The second-order valence-electron chi connectivity index (χ2n) is 11.1. The van der Waals surface area contributed by atoms with E-state index in [4.69, 9.17) is 9.47 Å². The topological polar surface area (TPSA) is 84.0 Å². The first-order valence-electron chi connectivity index (χ1n) is 12.6. The van der Waals surface area contributed by atoms with Crippen LogP contribution < -0.4 is 10.1 Å². The van der Waals surface area contributed by atoms with Gasteiger partial charge in [0.05, 0.1) is 9.89 Å². The maximum atomic E-state index is 15.6. The number of nitrogens with zero attached hydrogens (tertiary/aromatic N) is 3. The molecule has 1 unspecified atom stereocenters. The van der Waals surface area contributed by atoms with Gasteiger partial charge in [-0.1, -0.05) is 0 Å². The molecule has 8 nitrogen and oxygen atoms in total. The van der Waals surface area contributed by atoms with Crippen molar-refractivity contribution in [1.82, 2.24) is 14.8 Å². The van der Waals surface area contributed by atoms with Crippen molar-refractivity contribution in [2.75, 3.05) is 38.6 Å². The number of likely N-dealkylation sites (N-methyl/N-ethyl adjacent to an activating group) is 1. The van der Waals surface area contributed by atoms with Crippen LogP contribution in [0, 0.1) is 9.39 Å². The molecule has 0 bridgehead atoms. The van der Waals surface area contributed by atoms with Crippen molar-refractivity contribution in [2.24, 2.45) is 0 Å². The van der Waals surface area contributed by atoms with Gasteiger partial charge in [-0.25, -0.2) is 19.1 Å². The first-order valence-corrected chi connectivity index (χ1v) is 14.4. The zero-order valence-electron chi connectivity index (χ0n) is 21.4. The lowest BCUT2D eigenvalue weighted by atomic mass is 9.73. The maximum absolute atomic E-state index is 15.6. The number of halogens is 3. The Labute approximate surface area is 237 Å². The van der Waals surface area contributed by atoms with Crippen molar-refractivity contribution in [2.45, 2.75) is 63.5 Å². The normalized spacial score (nSPS) is 24.0. The van der Waals surface area contributed by atoms with Gasteiger partial charge in [-0.2, -0.15) is 0 Å². The summed E-state index contributed by atoms with van der Waals surface area (Å²) in [6, 6.07) is 2.09. The maximum Gasteiger partial charge on any atom is 0.417 e. The second kappa shape index (κ2) is 9.78. The molecule has 2 aromatic rings. The molecule has 3 aliphatic heterocycles. The lowest BCUT2D eigenvalue weighted by Gasteiger charge is -2.39. The average molecular weight is 689 g/mol. The van der Waals surface area contributed by atoms with Gasteiger partial charge in [-0.05, 0) is 105 Å². The van der Waals surface area contributed by atoms with Crippen molar-refractivity contribution in [3.63, 3.8) is 0 Å². The summed E-state index contributed by atoms with van der Waals surface area (Å²) in [5.41, 5.74) is -0.396. The summed E-state index contributed by atoms with van der Waals surface area (Å²) in [5, 5.41) is 3.91. The summed E-state index contributed by atoms with van der Waals surface area (Å²) >= 11 is 5.41. The number of ether oxygens (including phenoxy) is 2. The third-order valence-electron chi connectivity index (χ3n) is 7.47. The van der Waals surface area contributed by atoms with Gasteiger partial charge in [0.25, 0.3) is 0 Å². The molecule has 11 heteroatoms. The number of carbonyl (C=O) groups is 2. The van der Waals surface area contributed by atoms with E-state index in [1.807, 2.05) is 6.07 Å². The lowest BCUT2D eigenvalue weighted by molar-refractivity contribution is -0.138. The molecule has 3 aliphatic rings. The molecule has 0 saturated carbocycles. The molecule has 2 atom stereocenters. The molecule has 0 radical (unpaired) electrons. The van der Waals surface area contributed by atoms with E-state index in [2.05, 4.69) is 60.8 Å². The van der Waals surface area contributed by atoms with Gasteiger partial charge in [0, 0.05) is 33.7 Å². The van der Waals surface area contributed by atoms with Crippen LogP contribution in [0.5, 0.6) is 5.88 Å². The average Bonchev–Trinajstić information content (AvgIpc) is 3.41. The van der Waals surface area contributed by atoms with Crippen molar-refractivity contribution in [1.29, 1.82) is 0 Å². The molecule has 1 spiro atoms. The van der Waals surface area contributed by atoms with Crippen molar-refractivity contribution in [3.8, 4) is 5.88 Å². The third kappa shape index (κ3) is 4.69. The van der Waals surface area contributed by atoms with Gasteiger partial charge in [0.1, 0.15) is 23.4 Å². The van der Waals surface area contributed by atoms with Gasteiger partial charge >= 0.3 is 6.09 Å². The van der Waals surface area contributed by atoms with Crippen LogP contribution in [0.15, 0.2) is 10.5 Å². The summed E-state index contributed by atoms with van der Waals surface area (Å²) < 4.78 is 28.4. The molecular weight excluding hydrogens is 658 g/mol. The van der Waals surface area contributed by atoms with E-state index in [0.29, 0.717) is 44.1 Å². The Kier molecular flexibility index (Phi) is 7.10. The predicted molar refractivity (Wildman–Crippen MR) is 151 cm³/mol. The van der Waals surface area contributed by atoms with Gasteiger partial charge in [0.15, 0.2) is 5.82 Å². The van der Waals surface area contributed by atoms with Gasteiger partial charge < -0.3 is 19.7 Å². The van der Waals surface area contributed by atoms with Crippen LogP contribution >= 0.6 is 38.5 Å². The zero-order chi connectivity index (χ0) is 26.7. The molecule has 4 heterocycles. The SMILES string of the molecule is CN1CCC[C@H]1COc1nc2c(F)c(Br)c(I)cc2c2c1NCC21CCCN(C(=O)OC(C)(C)C)C1=O. The number of fused-ring (bicyclic) bond motifs is 4. The van der Waals surface area contributed by atoms with E-state index in [-0.39, 0.29) is 36.4 Å². The molecule has 2 fully saturated rings. The Morgan fingerprint density at radius 3 is 2.78 bits per heavy atom. The fraction of sp³-hybridized carbons (Fsp3) is 0.577. The number of likely N-dealkylation sites (tertiary alicyclic amines) is 2. The monoisotopic (exact) mass is 688 g/mol. The fourth-order valence-electron chi connectivity index (χ4n) is 5.64. The van der Waals surface area contributed by atoms with Crippen molar-refractivity contribution >= 4 is 67.1 Å². The number of imide groups is 1. The van der Waals surface area contributed by atoms with Crippen LogP contribution in [0.2, 0.25) is 0 Å². The third-order valence-corrected chi connectivity index (χ3v) is 9.83. The number of amides is 2. The molecule has 0 aliphatic carbocycles. The Morgan fingerprint density at radius 1 is 1.35 bits per heavy atom.